The zero-order chi connectivity index (χ0) is 22.1. The van der Waals surface area contributed by atoms with Crippen LogP contribution < -0.4 is 14.8 Å². The Balaban J connectivity index is 1.45. The number of hydrogen-bond donors (Lipinski definition) is 1. The second kappa shape index (κ2) is 11.1. The van der Waals surface area contributed by atoms with Gasteiger partial charge in [0.15, 0.2) is 0 Å². The number of methoxy groups -OCH3 is 2. The minimum atomic E-state index is -0.311. The van der Waals surface area contributed by atoms with Gasteiger partial charge in [0.05, 0.1) is 32.0 Å². The molecule has 0 bridgehead atoms. The van der Waals surface area contributed by atoms with Crippen LogP contribution in [-0.2, 0) is 33.8 Å². The van der Waals surface area contributed by atoms with E-state index in [1.54, 1.807) is 31.7 Å². The Morgan fingerprint density at radius 1 is 1.00 bits per heavy atom. The van der Waals surface area contributed by atoms with Gasteiger partial charge in [0.1, 0.15) is 23.1 Å². The minimum absolute atomic E-state index is 0.0788. The van der Waals surface area contributed by atoms with Crippen molar-refractivity contribution in [1.29, 1.82) is 0 Å². The molecule has 0 fully saturated rings. The third-order valence-electron chi connectivity index (χ3n) is 4.46. The average molecular weight is 441 g/mol. The molecule has 3 rings (SSSR count). The van der Waals surface area contributed by atoms with Gasteiger partial charge < -0.3 is 19.5 Å². The third-order valence-corrected chi connectivity index (χ3v) is 5.36. The maximum Gasteiger partial charge on any atom is 0.306 e. The Morgan fingerprint density at radius 2 is 1.71 bits per heavy atom. The highest BCUT2D eigenvalue weighted by molar-refractivity contribution is 7.09. The third kappa shape index (κ3) is 6.55. The Labute approximate surface area is 185 Å². The van der Waals surface area contributed by atoms with E-state index in [1.807, 2.05) is 36.4 Å². The van der Waals surface area contributed by atoms with Crippen LogP contribution in [0.2, 0.25) is 0 Å². The van der Waals surface area contributed by atoms with Gasteiger partial charge in [-0.15, -0.1) is 11.3 Å². The minimum Gasteiger partial charge on any atom is -0.496 e. The van der Waals surface area contributed by atoms with E-state index in [0.717, 1.165) is 11.3 Å². The number of aromatic nitrogens is 1. The number of benzene rings is 2. The normalized spacial score (nSPS) is 10.4. The first-order valence-electron chi connectivity index (χ1n) is 9.72. The van der Waals surface area contributed by atoms with Crippen LogP contribution in [-0.4, -0.2) is 31.1 Å². The molecule has 0 aliphatic rings. The van der Waals surface area contributed by atoms with Crippen LogP contribution >= 0.6 is 11.3 Å². The fraction of sp³-hybridized carbons (Fsp3) is 0.261. The van der Waals surface area contributed by atoms with Crippen molar-refractivity contribution in [2.45, 2.75) is 25.9 Å². The zero-order valence-corrected chi connectivity index (χ0v) is 18.2. The first kappa shape index (κ1) is 22.3. The zero-order valence-electron chi connectivity index (χ0n) is 17.4. The molecule has 0 aliphatic carbocycles. The van der Waals surface area contributed by atoms with Crippen molar-refractivity contribution in [1.82, 2.24) is 4.98 Å². The summed E-state index contributed by atoms with van der Waals surface area (Å²) in [5.41, 5.74) is 2.19. The van der Waals surface area contributed by atoms with Gasteiger partial charge in [-0.2, -0.15) is 0 Å². The average Bonchev–Trinajstić information content (AvgIpc) is 3.23. The lowest BCUT2D eigenvalue weighted by atomic mass is 10.1. The predicted octanol–water partition coefficient (Wildman–Crippen LogP) is 4.02. The lowest BCUT2D eigenvalue weighted by molar-refractivity contribution is -0.145. The summed E-state index contributed by atoms with van der Waals surface area (Å²) in [5.74, 6) is 0.843. The van der Waals surface area contributed by atoms with E-state index < -0.39 is 0 Å². The summed E-state index contributed by atoms with van der Waals surface area (Å²) in [4.78, 5) is 28.8. The number of carbonyl (C=O) groups is 2. The summed E-state index contributed by atoms with van der Waals surface area (Å²) >= 11 is 1.35. The molecule has 31 heavy (non-hydrogen) atoms. The maximum atomic E-state index is 12.3. The number of nitrogens with zero attached hydrogens (tertiary/aromatic N) is 1. The molecule has 0 unspecified atom stereocenters. The first-order valence-corrected chi connectivity index (χ1v) is 10.6. The quantitative estimate of drug-likeness (QED) is 0.479. The Hall–Kier alpha value is -3.39. The van der Waals surface area contributed by atoms with Crippen LogP contribution in [0.1, 0.15) is 22.7 Å². The standard InChI is InChI=1S/C23H24N2O5S/c1-28-19-9-5-3-7-16(19)11-12-23(27)30-14-17-15-31-22(24-17)13-21(26)25-18-8-4-6-10-20(18)29-2/h3-10,15H,11-14H2,1-2H3,(H,25,26). The molecule has 0 aliphatic heterocycles. The fourth-order valence-electron chi connectivity index (χ4n) is 2.95. The number of esters is 1. The molecule has 3 aromatic rings. The van der Waals surface area contributed by atoms with Gasteiger partial charge >= 0.3 is 5.97 Å². The number of nitrogens with one attached hydrogen (secondary N) is 1. The SMILES string of the molecule is COc1ccccc1CCC(=O)OCc1csc(CC(=O)Nc2ccccc2OC)n1. The van der Waals surface area contributed by atoms with E-state index in [2.05, 4.69) is 10.3 Å². The second-order valence-corrected chi connectivity index (χ2v) is 7.57. The summed E-state index contributed by atoms with van der Waals surface area (Å²) in [6, 6.07) is 14.8. The molecule has 1 N–H and O–H groups in total. The number of thiazole rings is 1. The van der Waals surface area contributed by atoms with Crippen LogP contribution in [0.4, 0.5) is 5.69 Å². The number of aryl methyl sites for hydroxylation is 1. The molecule has 162 valence electrons. The molecule has 2 aromatic carbocycles. The van der Waals surface area contributed by atoms with Gasteiger partial charge in [0.25, 0.3) is 0 Å². The Morgan fingerprint density at radius 3 is 2.48 bits per heavy atom. The van der Waals surface area contributed by atoms with Crippen molar-refractivity contribution < 1.29 is 23.8 Å². The molecular weight excluding hydrogens is 416 g/mol. The molecule has 1 heterocycles. The molecular formula is C23H24N2O5S. The van der Waals surface area contributed by atoms with Crippen LogP contribution in [0.3, 0.4) is 0 Å². The fourth-order valence-corrected chi connectivity index (χ4v) is 3.73. The van der Waals surface area contributed by atoms with Gasteiger partial charge in [-0.1, -0.05) is 30.3 Å². The summed E-state index contributed by atoms with van der Waals surface area (Å²) in [7, 11) is 3.16. The topological polar surface area (TPSA) is 86.8 Å². The van der Waals surface area contributed by atoms with Crippen LogP contribution in [0.15, 0.2) is 53.9 Å². The predicted molar refractivity (Wildman–Crippen MR) is 119 cm³/mol. The van der Waals surface area contributed by atoms with E-state index in [9.17, 15) is 9.59 Å². The smallest absolute Gasteiger partial charge is 0.306 e. The number of hydrogen-bond acceptors (Lipinski definition) is 7. The highest BCUT2D eigenvalue weighted by atomic mass is 32.1. The van der Waals surface area contributed by atoms with Gasteiger partial charge in [-0.3, -0.25) is 9.59 Å². The number of amides is 1. The summed E-state index contributed by atoms with van der Waals surface area (Å²) in [6.45, 7) is 0.0788. The van der Waals surface area contributed by atoms with E-state index >= 15 is 0 Å². The molecule has 0 radical (unpaired) electrons. The van der Waals surface area contributed by atoms with Crippen molar-refractivity contribution in [2.75, 3.05) is 19.5 Å². The van der Waals surface area contributed by atoms with Crippen molar-refractivity contribution in [3.8, 4) is 11.5 Å². The Kier molecular flexibility index (Phi) is 8.00. The van der Waals surface area contributed by atoms with E-state index in [0.29, 0.717) is 28.6 Å². The summed E-state index contributed by atoms with van der Waals surface area (Å²) in [6.07, 6.45) is 0.914. The molecule has 1 amide bonds. The van der Waals surface area contributed by atoms with E-state index in [-0.39, 0.29) is 31.3 Å². The van der Waals surface area contributed by atoms with E-state index in [4.69, 9.17) is 14.2 Å². The number of para-hydroxylation sites is 3. The Bertz CT molecular complexity index is 1030. The molecule has 0 atom stereocenters. The first-order chi connectivity index (χ1) is 15.1. The van der Waals surface area contributed by atoms with E-state index in [1.165, 1.54) is 11.3 Å². The molecule has 1 aromatic heterocycles. The second-order valence-electron chi connectivity index (χ2n) is 6.63. The van der Waals surface area contributed by atoms with Crippen LogP contribution in [0.25, 0.3) is 0 Å². The summed E-state index contributed by atoms with van der Waals surface area (Å²) in [5, 5.41) is 5.25. The number of ether oxygens (including phenoxy) is 3. The highest BCUT2D eigenvalue weighted by Gasteiger charge is 2.12. The highest BCUT2D eigenvalue weighted by Crippen LogP contribution is 2.23. The largest absolute Gasteiger partial charge is 0.496 e. The monoisotopic (exact) mass is 440 g/mol. The summed E-state index contributed by atoms with van der Waals surface area (Å²) < 4.78 is 15.8. The van der Waals surface area contributed by atoms with Gasteiger partial charge in [0.2, 0.25) is 5.91 Å². The lowest BCUT2D eigenvalue weighted by Crippen LogP contribution is -2.15. The number of rotatable bonds is 10. The van der Waals surface area contributed by atoms with Crippen LogP contribution in [0, 0.1) is 0 Å². The number of carbonyl (C=O) groups excluding carboxylic acids is 2. The number of anilines is 1. The van der Waals surface area contributed by atoms with Gasteiger partial charge in [-0.25, -0.2) is 4.98 Å². The maximum absolute atomic E-state index is 12.3. The van der Waals surface area contributed by atoms with Crippen molar-refractivity contribution >= 4 is 28.9 Å². The lowest BCUT2D eigenvalue weighted by Gasteiger charge is -2.09. The van der Waals surface area contributed by atoms with Crippen molar-refractivity contribution in [3.05, 3.63) is 70.2 Å². The van der Waals surface area contributed by atoms with Gasteiger partial charge in [-0.05, 0) is 30.2 Å². The molecule has 7 nitrogen and oxygen atoms in total. The van der Waals surface area contributed by atoms with Crippen molar-refractivity contribution in [3.63, 3.8) is 0 Å². The van der Waals surface area contributed by atoms with Crippen molar-refractivity contribution in [2.24, 2.45) is 0 Å². The van der Waals surface area contributed by atoms with Crippen LogP contribution in [0.5, 0.6) is 11.5 Å². The molecule has 0 spiro atoms. The molecule has 8 heteroatoms. The molecule has 0 saturated carbocycles. The molecule has 0 saturated heterocycles. The van der Waals surface area contributed by atoms with Gasteiger partial charge in [0, 0.05) is 11.8 Å².